The van der Waals surface area contributed by atoms with Crippen molar-refractivity contribution < 1.29 is 19.1 Å². The molecule has 1 N–H and O–H groups in total. The summed E-state index contributed by atoms with van der Waals surface area (Å²) in [6, 6.07) is 7.94. The number of anilines is 1. The molecular formula is C28H34N4O4S2. The normalized spacial score (nSPS) is 15.9. The number of amides is 1. The Kier molecular flexibility index (Phi) is 8.68. The van der Waals surface area contributed by atoms with Crippen LogP contribution in [0.2, 0.25) is 0 Å². The molecule has 8 nitrogen and oxygen atoms in total. The lowest BCUT2D eigenvalue weighted by atomic mass is 9.96. The summed E-state index contributed by atoms with van der Waals surface area (Å²) in [5, 5.41) is 12.9. The maximum Gasteiger partial charge on any atom is 0.341 e. The number of carbonyl (C=O) groups is 2. The standard InChI is InChI=1S/C28H34N4O4S2/c1-32-25(18-13-15-20(16-14-18)36-19-9-7-8-10-19)30-31-28(32)37-17-23(33)29-26-24(27(34)35-2)21-11-5-3-4-6-12-22(21)38-26/h13-16,19H,3-12,17H2,1-2H3,(H,29,33). The van der Waals surface area contributed by atoms with Crippen LogP contribution in [0.5, 0.6) is 5.75 Å². The number of ether oxygens (including phenoxy) is 2. The first kappa shape index (κ1) is 26.7. The first-order valence-electron chi connectivity index (χ1n) is 13.4. The second-order valence-electron chi connectivity index (χ2n) is 9.86. The Morgan fingerprint density at radius 1 is 1.05 bits per heavy atom. The molecule has 3 aromatic rings. The van der Waals surface area contributed by atoms with Crippen LogP contribution in [0.1, 0.15) is 72.2 Å². The molecule has 202 valence electrons. The van der Waals surface area contributed by atoms with E-state index in [2.05, 4.69) is 15.5 Å². The zero-order valence-corrected chi connectivity index (χ0v) is 23.6. The van der Waals surface area contributed by atoms with Crippen LogP contribution in [-0.2, 0) is 29.4 Å². The maximum atomic E-state index is 12.9. The smallest absolute Gasteiger partial charge is 0.341 e. The number of hydrogen-bond donors (Lipinski definition) is 1. The number of methoxy groups -OCH3 is 1. The fourth-order valence-corrected chi connectivity index (χ4v) is 7.20. The zero-order chi connectivity index (χ0) is 26.5. The van der Waals surface area contributed by atoms with Gasteiger partial charge in [-0.05, 0) is 81.2 Å². The molecule has 1 saturated carbocycles. The molecule has 1 fully saturated rings. The number of aromatic nitrogens is 3. The number of aryl methyl sites for hydroxylation is 1. The minimum Gasteiger partial charge on any atom is -0.490 e. The molecule has 0 radical (unpaired) electrons. The molecule has 0 bridgehead atoms. The second-order valence-corrected chi connectivity index (χ2v) is 11.9. The van der Waals surface area contributed by atoms with Crippen molar-refractivity contribution in [2.45, 2.75) is 75.5 Å². The van der Waals surface area contributed by atoms with E-state index in [4.69, 9.17) is 9.47 Å². The maximum absolute atomic E-state index is 12.9. The van der Waals surface area contributed by atoms with Gasteiger partial charge in [-0.25, -0.2) is 4.79 Å². The average molecular weight is 555 g/mol. The summed E-state index contributed by atoms with van der Waals surface area (Å²) in [5.74, 6) is 1.19. The van der Waals surface area contributed by atoms with E-state index in [1.165, 1.54) is 54.3 Å². The lowest BCUT2D eigenvalue weighted by Gasteiger charge is -2.13. The number of rotatable bonds is 8. The van der Waals surface area contributed by atoms with Crippen molar-refractivity contribution in [3.05, 3.63) is 40.3 Å². The molecule has 1 aromatic carbocycles. The number of nitrogens with zero attached hydrogens (tertiary/aromatic N) is 3. The van der Waals surface area contributed by atoms with E-state index in [0.29, 0.717) is 21.8 Å². The van der Waals surface area contributed by atoms with E-state index in [9.17, 15) is 9.59 Å². The highest BCUT2D eigenvalue weighted by Gasteiger charge is 2.26. The van der Waals surface area contributed by atoms with Gasteiger partial charge in [-0.1, -0.05) is 24.6 Å². The van der Waals surface area contributed by atoms with Gasteiger partial charge in [0.2, 0.25) is 5.91 Å². The van der Waals surface area contributed by atoms with Gasteiger partial charge < -0.3 is 19.4 Å². The summed E-state index contributed by atoms with van der Waals surface area (Å²) >= 11 is 2.83. The highest BCUT2D eigenvalue weighted by Crippen LogP contribution is 2.38. The van der Waals surface area contributed by atoms with E-state index >= 15 is 0 Å². The minimum absolute atomic E-state index is 0.156. The van der Waals surface area contributed by atoms with Gasteiger partial charge in [-0.2, -0.15) is 0 Å². The van der Waals surface area contributed by atoms with Crippen LogP contribution in [0, 0.1) is 0 Å². The van der Waals surface area contributed by atoms with Crippen LogP contribution >= 0.6 is 23.1 Å². The van der Waals surface area contributed by atoms with E-state index in [0.717, 1.165) is 67.6 Å². The fourth-order valence-electron chi connectivity index (χ4n) is 5.19. The molecule has 1 amide bonds. The number of hydrogen-bond acceptors (Lipinski definition) is 8. The molecule has 2 aliphatic rings. The van der Waals surface area contributed by atoms with Crippen molar-refractivity contribution in [1.82, 2.24) is 14.8 Å². The Bertz CT molecular complexity index is 1280. The second kappa shape index (κ2) is 12.3. The van der Waals surface area contributed by atoms with Gasteiger partial charge in [0.1, 0.15) is 10.8 Å². The van der Waals surface area contributed by atoms with Crippen molar-refractivity contribution >= 4 is 40.0 Å². The van der Waals surface area contributed by atoms with Gasteiger partial charge in [0.05, 0.1) is 24.5 Å². The molecule has 0 saturated heterocycles. The molecule has 0 atom stereocenters. The molecule has 38 heavy (non-hydrogen) atoms. The van der Waals surface area contributed by atoms with Gasteiger partial charge in [-0.3, -0.25) is 4.79 Å². The molecule has 2 aromatic heterocycles. The first-order valence-corrected chi connectivity index (χ1v) is 15.2. The van der Waals surface area contributed by atoms with Crippen LogP contribution < -0.4 is 10.1 Å². The Balaban J connectivity index is 1.23. The lowest BCUT2D eigenvalue weighted by Crippen LogP contribution is -2.16. The fraction of sp³-hybridized carbons (Fsp3) is 0.500. The third-order valence-corrected chi connectivity index (χ3v) is 9.43. The summed E-state index contributed by atoms with van der Waals surface area (Å²) in [7, 11) is 3.28. The topological polar surface area (TPSA) is 95.3 Å². The molecule has 2 aliphatic carbocycles. The van der Waals surface area contributed by atoms with Gasteiger partial charge >= 0.3 is 5.97 Å². The van der Waals surface area contributed by atoms with Crippen molar-refractivity contribution in [1.29, 1.82) is 0 Å². The molecule has 5 rings (SSSR count). The molecule has 2 heterocycles. The van der Waals surface area contributed by atoms with Crippen molar-refractivity contribution in [3.8, 4) is 17.1 Å². The van der Waals surface area contributed by atoms with Crippen molar-refractivity contribution in [2.75, 3.05) is 18.2 Å². The van der Waals surface area contributed by atoms with Crippen LogP contribution in [-0.4, -0.2) is 45.6 Å². The van der Waals surface area contributed by atoms with Crippen LogP contribution in [0.3, 0.4) is 0 Å². The molecule has 0 aliphatic heterocycles. The van der Waals surface area contributed by atoms with Gasteiger partial charge in [-0.15, -0.1) is 21.5 Å². The zero-order valence-electron chi connectivity index (χ0n) is 22.0. The Morgan fingerprint density at radius 3 is 2.53 bits per heavy atom. The quantitative estimate of drug-likeness (QED) is 0.268. The highest BCUT2D eigenvalue weighted by molar-refractivity contribution is 7.99. The van der Waals surface area contributed by atoms with Gasteiger partial charge in [0.25, 0.3) is 0 Å². The molecule has 10 heteroatoms. The summed E-state index contributed by atoms with van der Waals surface area (Å²) in [6.07, 6.45) is 11.3. The number of esters is 1. The monoisotopic (exact) mass is 554 g/mol. The van der Waals surface area contributed by atoms with E-state index in [1.54, 1.807) is 0 Å². The predicted octanol–water partition coefficient (Wildman–Crippen LogP) is 6.04. The number of carbonyl (C=O) groups excluding carboxylic acids is 2. The van der Waals surface area contributed by atoms with Crippen molar-refractivity contribution in [2.24, 2.45) is 7.05 Å². The lowest BCUT2D eigenvalue weighted by molar-refractivity contribution is -0.113. The summed E-state index contributed by atoms with van der Waals surface area (Å²) in [6.45, 7) is 0. The van der Waals surface area contributed by atoms with E-state index in [1.807, 2.05) is 35.9 Å². The summed E-state index contributed by atoms with van der Waals surface area (Å²) < 4.78 is 13.0. The molecule has 0 unspecified atom stereocenters. The summed E-state index contributed by atoms with van der Waals surface area (Å²) in [4.78, 5) is 26.7. The number of thiophene rings is 1. The Labute approximate surface area is 231 Å². The Morgan fingerprint density at radius 2 is 1.79 bits per heavy atom. The largest absolute Gasteiger partial charge is 0.490 e. The third kappa shape index (κ3) is 6.07. The first-order chi connectivity index (χ1) is 18.5. The number of thioether (sulfide) groups is 1. The number of fused-ring (bicyclic) bond motifs is 1. The molecular weight excluding hydrogens is 520 g/mol. The molecule has 0 spiro atoms. The van der Waals surface area contributed by atoms with Crippen molar-refractivity contribution in [3.63, 3.8) is 0 Å². The number of benzene rings is 1. The van der Waals surface area contributed by atoms with Crippen LogP contribution in [0.4, 0.5) is 5.00 Å². The van der Waals surface area contributed by atoms with Crippen LogP contribution in [0.25, 0.3) is 11.4 Å². The van der Waals surface area contributed by atoms with Gasteiger partial charge in [0.15, 0.2) is 11.0 Å². The predicted molar refractivity (Wildman–Crippen MR) is 150 cm³/mol. The summed E-state index contributed by atoms with van der Waals surface area (Å²) in [5.41, 5.74) is 2.50. The third-order valence-electron chi connectivity index (χ3n) is 7.20. The van der Waals surface area contributed by atoms with Gasteiger partial charge in [0, 0.05) is 17.5 Å². The highest BCUT2D eigenvalue weighted by atomic mass is 32.2. The van der Waals surface area contributed by atoms with Crippen LogP contribution in [0.15, 0.2) is 29.4 Å². The SMILES string of the molecule is COC(=O)c1c(NC(=O)CSc2nnc(-c3ccc(OC4CCCC4)cc3)n2C)sc2c1CCCCCC2. The minimum atomic E-state index is -0.386. The van der Waals surface area contributed by atoms with E-state index < -0.39 is 0 Å². The number of nitrogens with one attached hydrogen (secondary N) is 1. The Hall–Kier alpha value is -2.85. The van der Waals surface area contributed by atoms with E-state index in [-0.39, 0.29) is 17.6 Å². The average Bonchev–Trinajstić information content (AvgIpc) is 3.63.